The van der Waals surface area contributed by atoms with E-state index in [-0.39, 0.29) is 22.2 Å². The maximum Gasteiger partial charge on any atom is 0.285 e. The molecule has 6 rings (SSSR count). The second kappa shape index (κ2) is 18.4. The first kappa shape index (κ1) is 38.8. The summed E-state index contributed by atoms with van der Waals surface area (Å²) in [6.45, 7) is 4.98. The van der Waals surface area contributed by atoms with Crippen LogP contribution in [0.3, 0.4) is 0 Å². The predicted octanol–water partition coefficient (Wildman–Crippen LogP) is 5.94. The van der Waals surface area contributed by atoms with Gasteiger partial charge >= 0.3 is 0 Å². The summed E-state index contributed by atoms with van der Waals surface area (Å²) >= 11 is 1.63. The first-order valence-corrected chi connectivity index (χ1v) is 20.2. The maximum absolute atomic E-state index is 13.2. The van der Waals surface area contributed by atoms with Crippen molar-refractivity contribution in [3.05, 3.63) is 120 Å². The van der Waals surface area contributed by atoms with Crippen molar-refractivity contribution >= 4 is 50.8 Å². The highest BCUT2D eigenvalue weighted by Crippen LogP contribution is 2.29. The number of amides is 2. The maximum atomic E-state index is 13.2. The molecule has 0 saturated carbocycles. The number of pyridine rings is 1. The van der Waals surface area contributed by atoms with Crippen molar-refractivity contribution in [1.29, 1.82) is 0 Å². The number of ether oxygens (including phenoxy) is 1. The van der Waals surface area contributed by atoms with Crippen LogP contribution in [-0.2, 0) is 21.2 Å². The van der Waals surface area contributed by atoms with Gasteiger partial charge in [-0.2, -0.15) is 0 Å². The van der Waals surface area contributed by atoms with Crippen molar-refractivity contribution in [3.63, 3.8) is 0 Å². The molecule has 2 amide bonds. The van der Waals surface area contributed by atoms with Gasteiger partial charge in [-0.15, -0.1) is 26.9 Å². The van der Waals surface area contributed by atoms with E-state index < -0.39 is 15.9 Å². The van der Waals surface area contributed by atoms with Crippen LogP contribution in [-0.4, -0.2) is 85.4 Å². The number of nitrogens with zero attached hydrogens (tertiary/aromatic N) is 6. The molecule has 3 heterocycles. The van der Waals surface area contributed by atoms with Crippen LogP contribution in [0, 0.1) is 4.91 Å². The summed E-state index contributed by atoms with van der Waals surface area (Å²) in [7, 11) is -4.36. The predicted molar refractivity (Wildman–Crippen MR) is 212 cm³/mol. The van der Waals surface area contributed by atoms with Crippen LogP contribution in [0.15, 0.2) is 118 Å². The zero-order valence-corrected chi connectivity index (χ0v) is 31.8. The van der Waals surface area contributed by atoms with Gasteiger partial charge < -0.3 is 19.9 Å². The Bertz CT molecular complexity index is 2220. The molecule has 0 atom stereocenters. The Balaban J connectivity index is 0.981. The molecule has 16 heteroatoms. The van der Waals surface area contributed by atoms with E-state index in [1.807, 2.05) is 82.1 Å². The minimum absolute atomic E-state index is 0.0508. The molecule has 0 unspecified atom stereocenters. The van der Waals surface area contributed by atoms with Gasteiger partial charge in [0.25, 0.3) is 15.9 Å². The fraction of sp³-hybridized carbons (Fsp3) is 0.256. The van der Waals surface area contributed by atoms with Crippen LogP contribution in [0.1, 0.15) is 29.4 Å². The Kier molecular flexibility index (Phi) is 13.0. The molecule has 55 heavy (non-hydrogen) atoms. The van der Waals surface area contributed by atoms with Gasteiger partial charge in [0.05, 0.1) is 23.4 Å². The van der Waals surface area contributed by atoms with Crippen LogP contribution in [0.5, 0.6) is 5.75 Å². The summed E-state index contributed by atoms with van der Waals surface area (Å²) in [5.41, 5.74) is 3.07. The summed E-state index contributed by atoms with van der Waals surface area (Å²) < 4.78 is 33.7. The zero-order chi connectivity index (χ0) is 38.6. The second-order valence-electron chi connectivity index (χ2n) is 12.4. The number of thioether (sulfide) groups is 1. The van der Waals surface area contributed by atoms with Crippen molar-refractivity contribution in [2.45, 2.75) is 29.6 Å². The van der Waals surface area contributed by atoms with Gasteiger partial charge in [0, 0.05) is 61.6 Å². The van der Waals surface area contributed by atoms with Gasteiger partial charge in [0.15, 0.2) is 11.5 Å². The first-order chi connectivity index (χ1) is 26.7. The number of benzene rings is 3. The van der Waals surface area contributed by atoms with Crippen molar-refractivity contribution in [3.8, 4) is 16.9 Å². The molecule has 3 aromatic carbocycles. The van der Waals surface area contributed by atoms with Crippen LogP contribution >= 0.6 is 11.8 Å². The van der Waals surface area contributed by atoms with Gasteiger partial charge in [-0.3, -0.25) is 14.6 Å². The molecular weight excluding hydrogens is 741 g/mol. The molecule has 5 aromatic rings. The molecule has 0 bridgehead atoms. The van der Waals surface area contributed by atoms with Gasteiger partial charge in [0.1, 0.15) is 11.4 Å². The number of anilines is 2. The van der Waals surface area contributed by atoms with E-state index in [4.69, 9.17) is 4.74 Å². The smallest absolute Gasteiger partial charge is 0.285 e. The third-order valence-corrected chi connectivity index (χ3v) is 11.2. The molecule has 1 aliphatic rings. The highest BCUT2D eigenvalue weighted by atomic mass is 32.2. The van der Waals surface area contributed by atoms with Crippen LogP contribution in [0.25, 0.3) is 11.1 Å². The Morgan fingerprint density at radius 1 is 0.909 bits per heavy atom. The van der Waals surface area contributed by atoms with Gasteiger partial charge in [-0.05, 0) is 78.2 Å². The van der Waals surface area contributed by atoms with Gasteiger partial charge in [0.2, 0.25) is 5.91 Å². The molecule has 0 aliphatic carbocycles. The molecule has 0 radical (unpaired) electrons. The minimum Gasteiger partial charge on any atom is -0.492 e. The van der Waals surface area contributed by atoms with E-state index >= 15 is 0 Å². The van der Waals surface area contributed by atoms with Crippen LogP contribution < -0.4 is 19.7 Å². The Labute approximate surface area is 323 Å². The van der Waals surface area contributed by atoms with Crippen molar-refractivity contribution in [2.24, 2.45) is 5.18 Å². The zero-order valence-electron chi connectivity index (χ0n) is 30.1. The molecule has 0 spiro atoms. The van der Waals surface area contributed by atoms with E-state index in [9.17, 15) is 22.9 Å². The number of piperazine rings is 1. The summed E-state index contributed by atoms with van der Waals surface area (Å²) in [4.78, 5) is 46.6. The highest BCUT2D eigenvalue weighted by molar-refractivity contribution is 7.99. The lowest BCUT2D eigenvalue weighted by Gasteiger charge is -2.35. The SMILES string of the molecule is CCOc1cncc(-c2ccccc2CCC(=O)N2CCN(c3ccc(C(=O)NS(=O)(=O)c4ccc(NCCSc5ccccc5)c(N=O)c4)nn3)CC2)c1. The topological polar surface area (TPSA) is 176 Å². The largest absolute Gasteiger partial charge is 0.492 e. The number of nitroso groups, excluding NO2 is 1. The molecular formula is C39H40N8O6S2. The van der Waals surface area contributed by atoms with Crippen LogP contribution in [0.4, 0.5) is 17.2 Å². The fourth-order valence-corrected chi connectivity index (χ4v) is 7.81. The third-order valence-electron chi connectivity index (χ3n) is 8.83. The van der Waals surface area contributed by atoms with E-state index in [0.29, 0.717) is 75.2 Å². The fourth-order valence-electron chi connectivity index (χ4n) is 6.04. The summed E-state index contributed by atoms with van der Waals surface area (Å²) in [5, 5.41) is 14.2. The summed E-state index contributed by atoms with van der Waals surface area (Å²) in [5.74, 6) is 0.970. The number of carbonyl (C=O) groups is 2. The molecule has 1 fully saturated rings. The number of hydrogen-bond acceptors (Lipinski definition) is 13. The molecule has 2 aromatic heterocycles. The minimum atomic E-state index is -4.36. The summed E-state index contributed by atoms with van der Waals surface area (Å²) in [6.07, 6.45) is 4.40. The Morgan fingerprint density at radius 3 is 2.44 bits per heavy atom. The van der Waals surface area contributed by atoms with Gasteiger partial charge in [-0.1, -0.05) is 42.5 Å². The third kappa shape index (κ3) is 10.2. The monoisotopic (exact) mass is 780 g/mol. The average molecular weight is 781 g/mol. The summed E-state index contributed by atoms with van der Waals surface area (Å²) in [6, 6.07) is 26.6. The van der Waals surface area contributed by atoms with Crippen molar-refractivity contribution < 1.29 is 22.7 Å². The highest BCUT2D eigenvalue weighted by Gasteiger charge is 2.25. The van der Waals surface area contributed by atoms with E-state index in [2.05, 4.69) is 25.7 Å². The molecule has 14 nitrogen and oxygen atoms in total. The quantitative estimate of drug-likeness (QED) is 0.0686. The lowest BCUT2D eigenvalue weighted by Crippen LogP contribution is -2.49. The number of sulfonamides is 1. The second-order valence-corrected chi connectivity index (χ2v) is 15.3. The molecule has 1 aliphatic heterocycles. The van der Waals surface area contributed by atoms with Crippen molar-refractivity contribution in [1.82, 2.24) is 24.8 Å². The first-order valence-electron chi connectivity index (χ1n) is 17.7. The number of carbonyl (C=O) groups excluding carboxylic acids is 2. The number of hydrogen-bond donors (Lipinski definition) is 2. The Morgan fingerprint density at radius 2 is 1.69 bits per heavy atom. The average Bonchev–Trinajstić information content (AvgIpc) is 3.22. The van der Waals surface area contributed by atoms with Gasteiger partial charge in [-0.25, -0.2) is 13.1 Å². The Hall–Kier alpha value is -5.87. The standard InChI is InChI=1S/C39H40N8O6S2/c1-2-53-30-24-29(26-40-27-30)33-11-7-6-8-28(33)12-17-38(48)47-21-19-46(20-22-47)37-16-15-35(42-43-37)39(49)45-55(51,52)32-13-14-34(36(25-32)44-50)41-18-23-54-31-9-4-3-5-10-31/h3-11,13-16,24-27,41H,2,12,17-23H2,1H3,(H,45,49). The lowest BCUT2D eigenvalue weighted by molar-refractivity contribution is -0.131. The normalized spacial score (nSPS) is 12.9. The van der Waals surface area contributed by atoms with E-state index in [1.165, 1.54) is 18.2 Å². The van der Waals surface area contributed by atoms with Crippen molar-refractivity contribution in [2.75, 3.05) is 55.3 Å². The van der Waals surface area contributed by atoms with Crippen LogP contribution in [0.2, 0.25) is 0 Å². The molecule has 2 N–H and O–H groups in total. The van der Waals surface area contributed by atoms with E-state index in [0.717, 1.165) is 27.7 Å². The number of aromatic nitrogens is 3. The lowest BCUT2D eigenvalue weighted by atomic mass is 9.97. The number of nitrogens with one attached hydrogen (secondary N) is 2. The number of aryl methyl sites for hydroxylation is 1. The number of rotatable bonds is 16. The van der Waals surface area contributed by atoms with E-state index in [1.54, 1.807) is 30.2 Å². The molecule has 1 saturated heterocycles. The molecule has 284 valence electrons.